The van der Waals surface area contributed by atoms with Crippen LogP contribution in [-0.2, 0) is 11.3 Å². The van der Waals surface area contributed by atoms with Gasteiger partial charge in [0.2, 0.25) is 5.91 Å². The highest BCUT2D eigenvalue weighted by Crippen LogP contribution is 2.31. The lowest BCUT2D eigenvalue weighted by Crippen LogP contribution is -2.29. The molecule has 21 heavy (non-hydrogen) atoms. The predicted octanol–water partition coefficient (Wildman–Crippen LogP) is 3.51. The number of hydrogen-bond donors (Lipinski definition) is 1. The number of carbonyl (C=O) groups excluding carboxylic acids is 1. The number of para-hydroxylation sites is 1. The van der Waals surface area contributed by atoms with Crippen LogP contribution in [0.3, 0.4) is 0 Å². The van der Waals surface area contributed by atoms with Crippen molar-refractivity contribution in [1.29, 1.82) is 0 Å². The molecule has 0 saturated carbocycles. The van der Waals surface area contributed by atoms with Gasteiger partial charge in [-0.3, -0.25) is 4.79 Å². The summed E-state index contributed by atoms with van der Waals surface area (Å²) >= 11 is 5.74. The van der Waals surface area contributed by atoms with Crippen molar-refractivity contribution in [2.75, 3.05) is 13.7 Å². The Balaban J connectivity index is 2.74. The second kappa shape index (κ2) is 9.50. The van der Waals surface area contributed by atoms with E-state index in [0.29, 0.717) is 24.7 Å². The van der Waals surface area contributed by atoms with Gasteiger partial charge in [-0.1, -0.05) is 31.9 Å². The number of methoxy groups -OCH3 is 1. The first-order valence-electron chi connectivity index (χ1n) is 7.30. The molecule has 1 aromatic rings. The van der Waals surface area contributed by atoms with E-state index in [-0.39, 0.29) is 5.91 Å². The Morgan fingerprint density at radius 2 is 2.14 bits per heavy atom. The lowest BCUT2D eigenvalue weighted by molar-refractivity contribution is -0.120. The number of unbranched alkanes of at least 4 members (excludes halogenated alkanes) is 2. The van der Waals surface area contributed by atoms with Crippen LogP contribution in [0, 0.1) is 0 Å². The zero-order valence-corrected chi connectivity index (χ0v) is 13.7. The normalized spacial score (nSPS) is 11.8. The Hall–Kier alpha value is -1.42. The van der Waals surface area contributed by atoms with Crippen molar-refractivity contribution in [2.45, 2.75) is 45.0 Å². The molecule has 1 unspecified atom stereocenters. The lowest BCUT2D eigenvalue weighted by atomic mass is 10.1. The fraction of sp³-hybridized carbons (Fsp3) is 0.562. The molecule has 1 N–H and O–H groups in total. The van der Waals surface area contributed by atoms with Crippen LogP contribution in [0.15, 0.2) is 18.2 Å². The Morgan fingerprint density at radius 1 is 1.38 bits per heavy atom. The Labute approximate surface area is 131 Å². The van der Waals surface area contributed by atoms with Crippen LogP contribution >= 0.6 is 11.6 Å². The molecule has 0 aliphatic carbocycles. The summed E-state index contributed by atoms with van der Waals surface area (Å²) in [5.41, 5.74) is 0.886. The topological polar surface area (TPSA) is 47.6 Å². The molecular formula is C16H24ClNO3. The number of nitrogens with one attached hydrogen (secondary N) is 1. The van der Waals surface area contributed by atoms with Gasteiger partial charge in [-0.05, 0) is 19.4 Å². The van der Waals surface area contributed by atoms with Crippen LogP contribution < -0.4 is 14.8 Å². The first-order valence-corrected chi connectivity index (χ1v) is 7.74. The molecule has 0 aliphatic heterocycles. The molecule has 1 amide bonds. The molecule has 1 rings (SSSR count). The van der Waals surface area contributed by atoms with Gasteiger partial charge in [0, 0.05) is 12.1 Å². The van der Waals surface area contributed by atoms with Crippen molar-refractivity contribution in [2.24, 2.45) is 0 Å². The van der Waals surface area contributed by atoms with E-state index in [0.717, 1.165) is 24.8 Å². The van der Waals surface area contributed by atoms with Crippen molar-refractivity contribution in [1.82, 2.24) is 5.32 Å². The average Bonchev–Trinajstić information content (AvgIpc) is 2.49. The maximum atomic E-state index is 11.6. The number of carbonyl (C=O) groups is 1. The fourth-order valence-electron chi connectivity index (χ4n) is 1.87. The van der Waals surface area contributed by atoms with E-state index in [4.69, 9.17) is 21.1 Å². The highest BCUT2D eigenvalue weighted by molar-refractivity contribution is 6.30. The summed E-state index contributed by atoms with van der Waals surface area (Å²) in [5.74, 6) is 1.17. The molecule has 0 saturated heterocycles. The number of rotatable bonds is 9. The summed E-state index contributed by atoms with van der Waals surface area (Å²) in [6.07, 6.45) is 3.27. The molecule has 1 aromatic carbocycles. The molecule has 5 heteroatoms. The molecule has 1 atom stereocenters. The van der Waals surface area contributed by atoms with E-state index in [2.05, 4.69) is 12.2 Å². The molecule has 0 fully saturated rings. The van der Waals surface area contributed by atoms with Crippen molar-refractivity contribution < 1.29 is 14.3 Å². The van der Waals surface area contributed by atoms with E-state index >= 15 is 0 Å². The summed E-state index contributed by atoms with van der Waals surface area (Å²) < 4.78 is 11.2. The van der Waals surface area contributed by atoms with Gasteiger partial charge < -0.3 is 14.8 Å². The monoisotopic (exact) mass is 313 g/mol. The number of ether oxygens (including phenoxy) is 2. The van der Waals surface area contributed by atoms with Crippen molar-refractivity contribution >= 4 is 17.5 Å². The van der Waals surface area contributed by atoms with Gasteiger partial charge in [0.05, 0.1) is 13.7 Å². The number of halogens is 1. The Morgan fingerprint density at radius 3 is 2.76 bits per heavy atom. The molecule has 0 aromatic heterocycles. The second-order valence-electron chi connectivity index (χ2n) is 4.84. The molecule has 0 bridgehead atoms. The van der Waals surface area contributed by atoms with Gasteiger partial charge in [0.15, 0.2) is 11.5 Å². The summed E-state index contributed by atoms with van der Waals surface area (Å²) in [5, 5.41) is 2.23. The first kappa shape index (κ1) is 17.6. The predicted molar refractivity (Wildman–Crippen MR) is 85.2 cm³/mol. The average molecular weight is 314 g/mol. The zero-order chi connectivity index (χ0) is 15.7. The highest BCUT2D eigenvalue weighted by atomic mass is 35.5. The molecule has 0 heterocycles. The molecular weight excluding hydrogens is 290 g/mol. The second-order valence-corrected chi connectivity index (χ2v) is 5.49. The van der Waals surface area contributed by atoms with Crippen LogP contribution in [0.1, 0.15) is 38.7 Å². The molecule has 0 radical (unpaired) electrons. The van der Waals surface area contributed by atoms with Crippen molar-refractivity contribution in [3.05, 3.63) is 23.8 Å². The third kappa shape index (κ3) is 5.84. The van der Waals surface area contributed by atoms with Crippen molar-refractivity contribution in [3.63, 3.8) is 0 Å². The van der Waals surface area contributed by atoms with Gasteiger partial charge in [0.25, 0.3) is 0 Å². The van der Waals surface area contributed by atoms with Crippen LogP contribution in [0.25, 0.3) is 0 Å². The van der Waals surface area contributed by atoms with Crippen LogP contribution in [0.2, 0.25) is 0 Å². The lowest BCUT2D eigenvalue weighted by Gasteiger charge is -2.16. The van der Waals surface area contributed by atoms with Gasteiger partial charge in [0.1, 0.15) is 5.38 Å². The van der Waals surface area contributed by atoms with E-state index in [1.165, 1.54) is 0 Å². The SMILES string of the molecule is CCCCCOc1c(CNC(=O)C(C)Cl)cccc1OC. The van der Waals surface area contributed by atoms with Crippen LogP contribution in [0.4, 0.5) is 0 Å². The van der Waals surface area contributed by atoms with Gasteiger partial charge in [-0.2, -0.15) is 0 Å². The van der Waals surface area contributed by atoms with Crippen molar-refractivity contribution in [3.8, 4) is 11.5 Å². The van der Waals surface area contributed by atoms with Gasteiger partial charge >= 0.3 is 0 Å². The number of hydrogen-bond acceptors (Lipinski definition) is 3. The summed E-state index contributed by atoms with van der Waals surface area (Å²) in [4.78, 5) is 11.6. The van der Waals surface area contributed by atoms with Gasteiger partial charge in [-0.25, -0.2) is 0 Å². The number of amides is 1. The Bertz CT molecular complexity index is 449. The summed E-state index contributed by atoms with van der Waals surface area (Å²) in [6, 6.07) is 5.64. The Kier molecular flexibility index (Phi) is 7.98. The minimum absolute atomic E-state index is 0.198. The smallest absolute Gasteiger partial charge is 0.238 e. The number of alkyl halides is 1. The minimum atomic E-state index is -0.551. The first-order chi connectivity index (χ1) is 10.1. The highest BCUT2D eigenvalue weighted by Gasteiger charge is 2.13. The standard InChI is InChI=1S/C16H24ClNO3/c1-4-5-6-10-21-15-13(8-7-9-14(15)20-3)11-18-16(19)12(2)17/h7-9,12H,4-6,10-11H2,1-3H3,(H,18,19). The summed E-state index contributed by atoms with van der Waals surface area (Å²) in [7, 11) is 1.61. The molecule has 118 valence electrons. The largest absolute Gasteiger partial charge is 0.493 e. The third-order valence-corrected chi connectivity index (χ3v) is 3.29. The molecule has 4 nitrogen and oxygen atoms in total. The number of benzene rings is 1. The fourth-order valence-corrected chi connectivity index (χ4v) is 1.95. The maximum absolute atomic E-state index is 11.6. The molecule has 0 aliphatic rings. The van der Waals surface area contributed by atoms with E-state index in [9.17, 15) is 4.79 Å². The molecule has 0 spiro atoms. The van der Waals surface area contributed by atoms with Crippen LogP contribution in [-0.4, -0.2) is 25.0 Å². The summed E-state index contributed by atoms with van der Waals surface area (Å²) in [6.45, 7) is 4.80. The maximum Gasteiger partial charge on any atom is 0.238 e. The third-order valence-electron chi connectivity index (χ3n) is 3.09. The minimum Gasteiger partial charge on any atom is -0.493 e. The van der Waals surface area contributed by atoms with E-state index in [1.807, 2.05) is 18.2 Å². The van der Waals surface area contributed by atoms with Crippen LogP contribution in [0.5, 0.6) is 11.5 Å². The quantitative estimate of drug-likeness (QED) is 0.560. The van der Waals surface area contributed by atoms with Gasteiger partial charge in [-0.15, -0.1) is 11.6 Å². The zero-order valence-electron chi connectivity index (χ0n) is 12.9. The van der Waals surface area contributed by atoms with E-state index in [1.54, 1.807) is 14.0 Å². The van der Waals surface area contributed by atoms with E-state index < -0.39 is 5.38 Å².